The Morgan fingerprint density at radius 1 is 1.77 bits per heavy atom. The molecule has 1 aromatic heterocycles. The van der Waals surface area contributed by atoms with E-state index in [0.29, 0.717) is 24.5 Å². The second-order valence-corrected chi connectivity index (χ2v) is 3.08. The Morgan fingerprint density at radius 3 is 3.23 bits per heavy atom. The first-order valence-corrected chi connectivity index (χ1v) is 4.27. The van der Waals surface area contributed by atoms with Gasteiger partial charge in [0.25, 0.3) is 6.01 Å². The number of hydrogen-bond donors (Lipinski definition) is 1. The van der Waals surface area contributed by atoms with Crippen LogP contribution in [0.5, 0.6) is 6.01 Å². The van der Waals surface area contributed by atoms with E-state index in [1.165, 1.54) is 0 Å². The molecule has 1 saturated heterocycles. The number of aromatic nitrogens is 2. The topological polar surface area (TPSA) is 62.3 Å². The van der Waals surface area contributed by atoms with Crippen LogP contribution in [-0.2, 0) is 4.74 Å². The van der Waals surface area contributed by atoms with Crippen molar-refractivity contribution in [3.63, 3.8) is 0 Å². The van der Waals surface area contributed by atoms with Gasteiger partial charge in [-0.3, -0.25) is 4.57 Å². The van der Waals surface area contributed by atoms with Gasteiger partial charge >= 0.3 is 0 Å². The summed E-state index contributed by atoms with van der Waals surface area (Å²) < 4.78 is 12.3. The largest absolute Gasteiger partial charge is 0.468 e. The molecule has 2 rings (SSSR count). The highest BCUT2D eigenvalue weighted by atomic mass is 16.5. The second kappa shape index (κ2) is 3.26. The van der Waals surface area contributed by atoms with Gasteiger partial charge in [-0.2, -0.15) is 4.98 Å². The maximum atomic E-state index is 5.57. The summed E-state index contributed by atoms with van der Waals surface area (Å²) in [6, 6.07) is 0.882. The van der Waals surface area contributed by atoms with Crippen molar-refractivity contribution in [1.29, 1.82) is 0 Å². The van der Waals surface area contributed by atoms with Crippen LogP contribution in [0, 0.1) is 0 Å². The van der Waals surface area contributed by atoms with Crippen molar-refractivity contribution in [3.8, 4) is 6.01 Å². The van der Waals surface area contributed by atoms with Gasteiger partial charge < -0.3 is 15.2 Å². The van der Waals surface area contributed by atoms with E-state index in [4.69, 9.17) is 15.2 Å². The Labute approximate surface area is 76.5 Å². The van der Waals surface area contributed by atoms with Crippen LogP contribution in [0.1, 0.15) is 12.5 Å². The summed E-state index contributed by atoms with van der Waals surface area (Å²) in [7, 11) is 1.59. The normalized spacial score (nSPS) is 22.1. The molecule has 2 N–H and O–H groups in total. The number of nitrogen functional groups attached to an aromatic ring is 1. The lowest BCUT2D eigenvalue weighted by atomic mass is 10.3. The first-order chi connectivity index (χ1) is 6.31. The first-order valence-electron chi connectivity index (χ1n) is 4.27. The molecular formula is C8H13N3O2. The van der Waals surface area contributed by atoms with E-state index < -0.39 is 0 Å². The van der Waals surface area contributed by atoms with Crippen molar-refractivity contribution in [2.24, 2.45) is 0 Å². The highest BCUT2D eigenvalue weighted by Crippen LogP contribution is 2.25. The lowest BCUT2D eigenvalue weighted by Crippen LogP contribution is -2.09. The van der Waals surface area contributed by atoms with Gasteiger partial charge in [0.15, 0.2) is 0 Å². The molecule has 0 amide bonds. The highest BCUT2D eigenvalue weighted by Gasteiger charge is 2.21. The van der Waals surface area contributed by atoms with Gasteiger partial charge in [0.05, 0.1) is 26.0 Å². The molecular weight excluding hydrogens is 170 g/mol. The molecule has 0 aliphatic carbocycles. The Balaban J connectivity index is 2.26. The molecule has 1 aromatic rings. The van der Waals surface area contributed by atoms with Gasteiger partial charge in [0, 0.05) is 6.61 Å². The van der Waals surface area contributed by atoms with Crippen molar-refractivity contribution in [2.45, 2.75) is 12.5 Å². The molecule has 1 aliphatic rings. The summed E-state index contributed by atoms with van der Waals surface area (Å²) in [6.07, 6.45) is 2.78. The summed E-state index contributed by atoms with van der Waals surface area (Å²) in [5, 5.41) is 0. The first kappa shape index (κ1) is 8.37. The quantitative estimate of drug-likeness (QED) is 0.722. The van der Waals surface area contributed by atoms with E-state index in [9.17, 15) is 0 Å². The monoisotopic (exact) mass is 183 g/mol. The van der Waals surface area contributed by atoms with Crippen LogP contribution in [0.25, 0.3) is 0 Å². The molecule has 0 aromatic carbocycles. The third-order valence-electron chi connectivity index (χ3n) is 2.20. The number of nitrogens with zero attached hydrogens (tertiary/aromatic N) is 2. The summed E-state index contributed by atoms with van der Waals surface area (Å²) in [6.45, 7) is 1.51. The fourth-order valence-corrected chi connectivity index (χ4v) is 1.55. The molecule has 13 heavy (non-hydrogen) atoms. The van der Waals surface area contributed by atoms with E-state index in [1.807, 2.05) is 4.57 Å². The molecule has 1 aliphatic heterocycles. The zero-order valence-corrected chi connectivity index (χ0v) is 7.56. The Kier molecular flexibility index (Phi) is 2.10. The number of anilines is 1. The van der Waals surface area contributed by atoms with Crippen LogP contribution in [0.2, 0.25) is 0 Å². The summed E-state index contributed by atoms with van der Waals surface area (Å²) in [5.74, 6) is 0.490. The predicted molar refractivity (Wildman–Crippen MR) is 47.7 cm³/mol. The van der Waals surface area contributed by atoms with Gasteiger partial charge in [-0.05, 0) is 6.42 Å². The van der Waals surface area contributed by atoms with Crippen molar-refractivity contribution in [2.75, 3.05) is 26.1 Å². The number of ether oxygens (including phenoxy) is 2. The minimum Gasteiger partial charge on any atom is -0.468 e. The number of imidazole rings is 1. The maximum absolute atomic E-state index is 5.57. The molecule has 1 fully saturated rings. The van der Waals surface area contributed by atoms with E-state index in [1.54, 1.807) is 13.3 Å². The molecule has 72 valence electrons. The van der Waals surface area contributed by atoms with Crippen LogP contribution >= 0.6 is 0 Å². The number of nitrogens with two attached hydrogens (primary N) is 1. The molecule has 5 heteroatoms. The summed E-state index contributed by atoms with van der Waals surface area (Å²) in [5.41, 5.74) is 5.57. The van der Waals surface area contributed by atoms with E-state index >= 15 is 0 Å². The molecule has 0 saturated carbocycles. The van der Waals surface area contributed by atoms with Crippen LogP contribution < -0.4 is 10.5 Å². The van der Waals surface area contributed by atoms with Crippen molar-refractivity contribution >= 4 is 5.82 Å². The third-order valence-corrected chi connectivity index (χ3v) is 2.20. The van der Waals surface area contributed by atoms with Crippen molar-refractivity contribution in [3.05, 3.63) is 6.20 Å². The smallest absolute Gasteiger partial charge is 0.298 e. The number of hydrogen-bond acceptors (Lipinski definition) is 4. The van der Waals surface area contributed by atoms with Gasteiger partial charge in [0.1, 0.15) is 5.82 Å². The Bertz CT molecular complexity index is 292. The lowest BCUT2D eigenvalue weighted by Gasteiger charge is -2.11. The highest BCUT2D eigenvalue weighted by molar-refractivity contribution is 5.28. The number of methoxy groups -OCH3 is 1. The van der Waals surface area contributed by atoms with Crippen LogP contribution in [0.4, 0.5) is 5.82 Å². The minimum atomic E-state index is 0.319. The molecule has 0 radical (unpaired) electrons. The molecule has 1 atom stereocenters. The zero-order valence-electron chi connectivity index (χ0n) is 7.56. The second-order valence-electron chi connectivity index (χ2n) is 3.08. The summed E-state index contributed by atoms with van der Waals surface area (Å²) in [4.78, 5) is 4.04. The van der Waals surface area contributed by atoms with Gasteiger partial charge in [-0.15, -0.1) is 0 Å². The molecule has 0 bridgehead atoms. The van der Waals surface area contributed by atoms with Gasteiger partial charge in [-0.25, -0.2) is 0 Å². The average Bonchev–Trinajstić information content (AvgIpc) is 2.71. The maximum Gasteiger partial charge on any atom is 0.298 e. The zero-order chi connectivity index (χ0) is 9.26. The van der Waals surface area contributed by atoms with E-state index in [2.05, 4.69) is 4.98 Å². The molecule has 5 nitrogen and oxygen atoms in total. The number of rotatable bonds is 2. The Morgan fingerprint density at radius 2 is 2.62 bits per heavy atom. The van der Waals surface area contributed by atoms with Crippen LogP contribution in [-0.4, -0.2) is 29.9 Å². The molecule has 2 heterocycles. The summed E-state index contributed by atoms with van der Waals surface area (Å²) >= 11 is 0. The van der Waals surface area contributed by atoms with Gasteiger partial charge in [-0.1, -0.05) is 0 Å². The van der Waals surface area contributed by atoms with Crippen LogP contribution in [0.3, 0.4) is 0 Å². The average molecular weight is 183 g/mol. The Hall–Kier alpha value is -1.23. The molecule has 0 spiro atoms. The lowest BCUT2D eigenvalue weighted by molar-refractivity contribution is 0.184. The van der Waals surface area contributed by atoms with E-state index in [-0.39, 0.29) is 0 Å². The van der Waals surface area contributed by atoms with Gasteiger partial charge in [0.2, 0.25) is 0 Å². The predicted octanol–water partition coefficient (Wildman–Crippen LogP) is 0.435. The SMILES string of the molecule is COc1nc(N)cn1C1CCOC1. The van der Waals surface area contributed by atoms with E-state index in [0.717, 1.165) is 13.0 Å². The standard InChI is InChI=1S/C8H13N3O2/c1-12-8-10-7(9)4-11(8)6-2-3-13-5-6/h4,6H,2-3,5,9H2,1H3. The minimum absolute atomic E-state index is 0.319. The van der Waals surface area contributed by atoms with Crippen molar-refractivity contribution < 1.29 is 9.47 Å². The fourth-order valence-electron chi connectivity index (χ4n) is 1.55. The van der Waals surface area contributed by atoms with Crippen molar-refractivity contribution in [1.82, 2.24) is 9.55 Å². The third kappa shape index (κ3) is 1.47. The fraction of sp³-hybridized carbons (Fsp3) is 0.625. The van der Waals surface area contributed by atoms with Crippen LogP contribution in [0.15, 0.2) is 6.20 Å². The molecule has 1 unspecified atom stereocenters.